The van der Waals surface area contributed by atoms with E-state index in [1.165, 1.54) is 0 Å². The van der Waals surface area contributed by atoms with E-state index >= 15 is 0 Å². The predicted octanol–water partition coefficient (Wildman–Crippen LogP) is 2.10. The third-order valence-corrected chi connectivity index (χ3v) is 5.40. The molecule has 0 spiro atoms. The van der Waals surface area contributed by atoms with Crippen molar-refractivity contribution in [2.24, 2.45) is 9.81 Å². The second-order valence-electron chi connectivity index (χ2n) is 6.56. The Hall–Kier alpha value is -0.750. The van der Waals surface area contributed by atoms with E-state index < -0.39 is 17.5 Å². The first-order valence-electron chi connectivity index (χ1n) is 6.08. The van der Waals surface area contributed by atoms with Gasteiger partial charge in [-0.25, -0.2) is 4.79 Å². The van der Waals surface area contributed by atoms with Gasteiger partial charge >= 0.3 is 6.09 Å². The summed E-state index contributed by atoms with van der Waals surface area (Å²) in [7, 11) is 0. The molecule has 6 heteroatoms. The van der Waals surface area contributed by atoms with E-state index in [1.54, 1.807) is 0 Å². The molecule has 5 nitrogen and oxygen atoms in total. The van der Waals surface area contributed by atoms with Gasteiger partial charge in [0.1, 0.15) is 16.1 Å². The maximum absolute atomic E-state index is 12.0. The van der Waals surface area contributed by atoms with Gasteiger partial charge in [0.2, 0.25) is 0 Å². The molecule has 0 aromatic carbocycles. The van der Waals surface area contributed by atoms with Gasteiger partial charge in [-0.15, -0.1) is 0 Å². The zero-order chi connectivity index (χ0) is 13.8. The summed E-state index contributed by atoms with van der Waals surface area (Å²) in [6, 6.07) is 0. The molecule has 1 amide bonds. The zero-order valence-corrected chi connectivity index (χ0v) is 12.1. The molecule has 0 aromatic heterocycles. The molecule has 18 heavy (non-hydrogen) atoms. The maximum atomic E-state index is 12.0. The van der Waals surface area contributed by atoms with Gasteiger partial charge in [0.05, 0.1) is 5.71 Å². The number of nitrogens with one attached hydrogen (secondary N) is 1. The Morgan fingerprint density at radius 2 is 1.89 bits per heavy atom. The van der Waals surface area contributed by atoms with Crippen molar-refractivity contribution in [1.29, 1.82) is 0 Å². The van der Waals surface area contributed by atoms with E-state index in [2.05, 4.69) is 9.71 Å². The van der Waals surface area contributed by atoms with Crippen LogP contribution < -0.4 is 5.32 Å². The molecule has 3 saturated carbocycles. The number of hydrogen-bond donors (Lipinski definition) is 2. The fourth-order valence-corrected chi connectivity index (χ4v) is 3.61. The van der Waals surface area contributed by atoms with Crippen molar-refractivity contribution in [2.75, 3.05) is 0 Å². The van der Waals surface area contributed by atoms with Gasteiger partial charge in [0, 0.05) is 11.0 Å². The Morgan fingerprint density at radius 3 is 2.28 bits per heavy atom. The van der Waals surface area contributed by atoms with E-state index in [9.17, 15) is 9.35 Å². The SMILES string of the molecule is C/C(=N\[S@@+]([O-])C(C)(C)C)C12CC(NC(=O)O)(C1)C2. The normalized spacial score (nSPS) is 36.4. The summed E-state index contributed by atoms with van der Waals surface area (Å²) in [4.78, 5) is 10.6. The van der Waals surface area contributed by atoms with Crippen LogP contribution in [0, 0.1) is 5.41 Å². The fraction of sp³-hybridized carbons (Fsp3) is 0.833. The van der Waals surface area contributed by atoms with Crippen LogP contribution in [0.4, 0.5) is 4.79 Å². The number of nitrogens with zero attached hydrogens (tertiary/aromatic N) is 1. The number of amides is 1. The number of carboxylic acid groups (broad SMARTS) is 1. The largest absolute Gasteiger partial charge is 0.591 e. The number of rotatable bonds is 3. The molecule has 102 valence electrons. The van der Waals surface area contributed by atoms with Crippen molar-refractivity contribution in [3.8, 4) is 0 Å². The third kappa shape index (κ3) is 2.12. The minimum Gasteiger partial charge on any atom is -0.591 e. The summed E-state index contributed by atoms with van der Waals surface area (Å²) in [6.07, 6.45) is 1.42. The molecule has 3 aliphatic rings. The molecule has 0 aromatic rings. The van der Waals surface area contributed by atoms with Gasteiger partial charge in [-0.05, 0) is 47.0 Å². The van der Waals surface area contributed by atoms with E-state index in [4.69, 9.17) is 5.11 Å². The van der Waals surface area contributed by atoms with Crippen LogP contribution in [0.1, 0.15) is 47.0 Å². The lowest BCUT2D eigenvalue weighted by atomic mass is 9.38. The van der Waals surface area contributed by atoms with E-state index in [-0.39, 0.29) is 15.7 Å². The molecule has 3 rings (SSSR count). The summed E-state index contributed by atoms with van der Waals surface area (Å²) in [5, 5.41) is 11.3. The van der Waals surface area contributed by atoms with Gasteiger partial charge in [-0.2, -0.15) is 0 Å². The average molecular weight is 272 g/mol. The van der Waals surface area contributed by atoms with Crippen LogP contribution in [0.3, 0.4) is 0 Å². The van der Waals surface area contributed by atoms with Gasteiger partial charge < -0.3 is 15.0 Å². The van der Waals surface area contributed by atoms with Crippen LogP contribution in [-0.2, 0) is 11.4 Å². The molecular formula is C12H20N2O3S. The zero-order valence-electron chi connectivity index (χ0n) is 11.2. The van der Waals surface area contributed by atoms with E-state index in [1.807, 2.05) is 27.7 Å². The summed E-state index contributed by atoms with van der Waals surface area (Å²) >= 11 is -1.23. The topological polar surface area (TPSA) is 84.8 Å². The minimum absolute atomic E-state index is 0.00333. The number of hydrogen-bond acceptors (Lipinski definition) is 3. The van der Waals surface area contributed by atoms with Crippen molar-refractivity contribution in [3.63, 3.8) is 0 Å². The molecule has 2 N–H and O–H groups in total. The molecule has 2 bridgehead atoms. The Labute approximate surface area is 110 Å². The Balaban J connectivity index is 1.97. The summed E-state index contributed by atoms with van der Waals surface area (Å²) in [5.74, 6) is 0. The van der Waals surface area contributed by atoms with Gasteiger partial charge in [-0.1, -0.05) is 4.40 Å². The monoisotopic (exact) mass is 272 g/mol. The van der Waals surface area contributed by atoms with Gasteiger partial charge in [0.15, 0.2) is 0 Å². The highest BCUT2D eigenvalue weighted by Crippen LogP contribution is 2.67. The molecule has 3 fully saturated rings. The summed E-state index contributed by atoms with van der Waals surface area (Å²) < 4.78 is 15.9. The highest BCUT2D eigenvalue weighted by Gasteiger charge is 2.70. The summed E-state index contributed by atoms with van der Waals surface area (Å²) in [5.41, 5.74) is 0.680. The first-order valence-corrected chi connectivity index (χ1v) is 7.18. The lowest BCUT2D eigenvalue weighted by Gasteiger charge is -2.69. The van der Waals surface area contributed by atoms with Crippen molar-refractivity contribution in [1.82, 2.24) is 5.32 Å². The van der Waals surface area contributed by atoms with Crippen LogP contribution in [0.25, 0.3) is 0 Å². The van der Waals surface area contributed by atoms with Crippen LogP contribution in [-0.4, -0.2) is 31.8 Å². The molecule has 0 unspecified atom stereocenters. The van der Waals surface area contributed by atoms with E-state index in [0.29, 0.717) is 0 Å². The first kappa shape index (κ1) is 13.7. The van der Waals surface area contributed by atoms with E-state index in [0.717, 1.165) is 25.0 Å². The Kier molecular flexibility index (Phi) is 2.94. The van der Waals surface area contributed by atoms with Crippen LogP contribution in [0.15, 0.2) is 4.40 Å². The molecule has 0 radical (unpaired) electrons. The Morgan fingerprint density at radius 1 is 1.39 bits per heavy atom. The first-order chi connectivity index (χ1) is 8.09. The lowest BCUT2D eigenvalue weighted by molar-refractivity contribution is -0.0941. The quantitative estimate of drug-likeness (QED) is 0.609. The maximum Gasteiger partial charge on any atom is 0.405 e. The van der Waals surface area contributed by atoms with Crippen LogP contribution in [0.5, 0.6) is 0 Å². The molecule has 0 saturated heterocycles. The average Bonchev–Trinajstić information content (AvgIpc) is 2.06. The second kappa shape index (κ2) is 3.87. The molecule has 0 aliphatic heterocycles. The second-order valence-corrected chi connectivity index (χ2v) is 8.46. The predicted molar refractivity (Wildman–Crippen MR) is 71.2 cm³/mol. The highest BCUT2D eigenvalue weighted by atomic mass is 32.2. The van der Waals surface area contributed by atoms with Crippen molar-refractivity contribution in [3.05, 3.63) is 0 Å². The fourth-order valence-electron chi connectivity index (χ4n) is 2.89. The van der Waals surface area contributed by atoms with Gasteiger partial charge in [0.25, 0.3) is 0 Å². The summed E-state index contributed by atoms with van der Waals surface area (Å²) in [6.45, 7) is 7.60. The Bertz CT molecular complexity index is 394. The molecule has 0 heterocycles. The van der Waals surface area contributed by atoms with Crippen molar-refractivity contribution < 1.29 is 14.5 Å². The standard InChI is InChI=1S/C12H20N2O3S/c1-8(14-18(17)10(2,3)4)11-5-12(6-11,7-11)13-9(15)16/h13H,5-7H2,1-4H3,(H,15,16)/b14-8+/t11?,12?,18-/m0/s1. The van der Waals surface area contributed by atoms with Crippen molar-refractivity contribution >= 4 is 23.2 Å². The minimum atomic E-state index is -1.23. The van der Waals surface area contributed by atoms with Crippen molar-refractivity contribution in [2.45, 2.75) is 57.2 Å². The van der Waals surface area contributed by atoms with Crippen LogP contribution >= 0.6 is 0 Å². The molecular weight excluding hydrogens is 252 g/mol. The smallest absolute Gasteiger partial charge is 0.405 e. The third-order valence-electron chi connectivity index (χ3n) is 3.91. The van der Waals surface area contributed by atoms with Crippen LogP contribution in [0.2, 0.25) is 0 Å². The van der Waals surface area contributed by atoms with Gasteiger partial charge in [-0.3, -0.25) is 0 Å². The number of carbonyl (C=O) groups is 1. The highest BCUT2D eigenvalue weighted by molar-refractivity contribution is 7.91. The molecule has 3 aliphatic carbocycles. The molecule has 1 atom stereocenters. The lowest BCUT2D eigenvalue weighted by Crippen LogP contribution is -2.76.